The van der Waals surface area contributed by atoms with Gasteiger partial charge in [0.2, 0.25) is 0 Å². The van der Waals surface area contributed by atoms with Gasteiger partial charge in [0.1, 0.15) is 0 Å². The zero-order valence-electron chi connectivity index (χ0n) is 11.4. The van der Waals surface area contributed by atoms with Crippen molar-refractivity contribution in [1.82, 2.24) is 4.90 Å². The Morgan fingerprint density at radius 3 is 2.00 bits per heavy atom. The third-order valence-corrected chi connectivity index (χ3v) is 2.92. The van der Waals surface area contributed by atoms with Crippen LogP contribution in [0.2, 0.25) is 5.02 Å². The lowest BCUT2D eigenvalue weighted by Crippen LogP contribution is -2.37. The molecular formula is C15H21Cl2N. The van der Waals surface area contributed by atoms with Crippen LogP contribution in [0.4, 0.5) is 0 Å². The summed E-state index contributed by atoms with van der Waals surface area (Å²) in [6.45, 7) is 9.60. The van der Waals surface area contributed by atoms with E-state index < -0.39 is 0 Å². The van der Waals surface area contributed by atoms with E-state index in [0.717, 1.165) is 17.1 Å². The SMILES string of the molecule is CC(C)N(CC#Cc1ccc(Cl)cc1)C(C)C.Cl. The molecule has 0 aromatic heterocycles. The Kier molecular flexibility index (Phi) is 8.11. The van der Waals surface area contributed by atoms with Gasteiger partial charge in [-0.1, -0.05) is 23.4 Å². The fraction of sp³-hybridized carbons (Fsp3) is 0.467. The number of rotatable bonds is 3. The Morgan fingerprint density at radius 2 is 1.56 bits per heavy atom. The van der Waals surface area contributed by atoms with Gasteiger partial charge in [-0.25, -0.2) is 0 Å². The van der Waals surface area contributed by atoms with Crippen LogP contribution in [0.5, 0.6) is 0 Å². The van der Waals surface area contributed by atoms with Crippen LogP contribution in [0.25, 0.3) is 0 Å². The van der Waals surface area contributed by atoms with Gasteiger partial charge in [-0.15, -0.1) is 12.4 Å². The first-order valence-electron chi connectivity index (χ1n) is 6.01. The highest BCUT2D eigenvalue weighted by Gasteiger charge is 2.10. The fourth-order valence-corrected chi connectivity index (χ4v) is 1.85. The molecule has 0 aliphatic carbocycles. The zero-order chi connectivity index (χ0) is 12.8. The third kappa shape index (κ3) is 5.78. The molecule has 0 atom stereocenters. The molecule has 0 radical (unpaired) electrons. The van der Waals surface area contributed by atoms with E-state index in [9.17, 15) is 0 Å². The van der Waals surface area contributed by atoms with Crippen LogP contribution in [0.15, 0.2) is 24.3 Å². The molecule has 3 heteroatoms. The van der Waals surface area contributed by atoms with Gasteiger partial charge in [0.05, 0.1) is 6.54 Å². The summed E-state index contributed by atoms with van der Waals surface area (Å²) in [5.41, 5.74) is 1.02. The van der Waals surface area contributed by atoms with E-state index in [2.05, 4.69) is 44.4 Å². The van der Waals surface area contributed by atoms with Gasteiger partial charge in [0, 0.05) is 22.7 Å². The van der Waals surface area contributed by atoms with E-state index in [4.69, 9.17) is 11.6 Å². The monoisotopic (exact) mass is 285 g/mol. The van der Waals surface area contributed by atoms with Gasteiger partial charge >= 0.3 is 0 Å². The Labute approximate surface area is 122 Å². The van der Waals surface area contributed by atoms with Crippen molar-refractivity contribution in [3.8, 4) is 11.8 Å². The standard InChI is InChI=1S/C15H20ClN.ClH/c1-12(2)17(13(3)4)11-5-6-14-7-9-15(16)10-8-14;/h7-10,12-13H,11H2,1-4H3;1H. The quantitative estimate of drug-likeness (QED) is 0.751. The van der Waals surface area contributed by atoms with Crippen molar-refractivity contribution in [2.45, 2.75) is 39.8 Å². The van der Waals surface area contributed by atoms with Gasteiger partial charge in [0.25, 0.3) is 0 Å². The Bertz CT molecular complexity index is 391. The fourth-order valence-electron chi connectivity index (χ4n) is 1.73. The van der Waals surface area contributed by atoms with E-state index in [1.807, 2.05) is 24.3 Å². The number of nitrogens with zero attached hydrogens (tertiary/aromatic N) is 1. The normalized spacial score (nSPS) is 10.2. The number of hydrogen-bond acceptors (Lipinski definition) is 1. The summed E-state index contributed by atoms with van der Waals surface area (Å²) in [5.74, 6) is 6.38. The van der Waals surface area contributed by atoms with Gasteiger partial charge in [-0.2, -0.15) is 0 Å². The lowest BCUT2D eigenvalue weighted by Gasteiger charge is -2.28. The van der Waals surface area contributed by atoms with Crippen molar-refractivity contribution in [1.29, 1.82) is 0 Å². The van der Waals surface area contributed by atoms with Crippen LogP contribution < -0.4 is 0 Å². The highest BCUT2D eigenvalue weighted by atomic mass is 35.5. The maximum atomic E-state index is 5.82. The molecule has 0 saturated heterocycles. The van der Waals surface area contributed by atoms with Crippen LogP contribution in [-0.2, 0) is 0 Å². The molecule has 0 heterocycles. The molecule has 1 rings (SSSR count). The minimum Gasteiger partial charge on any atom is -0.287 e. The summed E-state index contributed by atoms with van der Waals surface area (Å²) in [7, 11) is 0. The average molecular weight is 286 g/mol. The van der Waals surface area contributed by atoms with Crippen LogP contribution >= 0.6 is 24.0 Å². The Morgan fingerprint density at radius 1 is 1.06 bits per heavy atom. The lowest BCUT2D eigenvalue weighted by atomic mass is 10.2. The van der Waals surface area contributed by atoms with Crippen molar-refractivity contribution in [3.63, 3.8) is 0 Å². The molecule has 100 valence electrons. The average Bonchev–Trinajstić information content (AvgIpc) is 2.25. The maximum absolute atomic E-state index is 5.82. The Hall–Kier alpha value is -0.680. The van der Waals surface area contributed by atoms with Gasteiger partial charge < -0.3 is 0 Å². The van der Waals surface area contributed by atoms with Crippen molar-refractivity contribution in [2.24, 2.45) is 0 Å². The smallest absolute Gasteiger partial charge is 0.0609 e. The molecule has 18 heavy (non-hydrogen) atoms. The van der Waals surface area contributed by atoms with Gasteiger partial charge in [-0.05, 0) is 52.0 Å². The second-order valence-electron chi connectivity index (χ2n) is 4.67. The molecule has 0 N–H and O–H groups in total. The van der Waals surface area contributed by atoms with Gasteiger partial charge in [0.15, 0.2) is 0 Å². The van der Waals surface area contributed by atoms with E-state index in [1.54, 1.807) is 0 Å². The minimum atomic E-state index is 0. The van der Waals surface area contributed by atoms with E-state index in [-0.39, 0.29) is 12.4 Å². The van der Waals surface area contributed by atoms with Crippen LogP contribution in [0.1, 0.15) is 33.3 Å². The van der Waals surface area contributed by atoms with Crippen LogP contribution in [0, 0.1) is 11.8 Å². The van der Waals surface area contributed by atoms with Crippen LogP contribution in [-0.4, -0.2) is 23.5 Å². The first-order valence-corrected chi connectivity index (χ1v) is 6.38. The molecule has 1 nitrogen and oxygen atoms in total. The first-order chi connectivity index (χ1) is 8.00. The van der Waals surface area contributed by atoms with Crippen molar-refractivity contribution < 1.29 is 0 Å². The molecule has 0 aliphatic heterocycles. The summed E-state index contributed by atoms with van der Waals surface area (Å²) in [5, 5.41) is 0.751. The molecule has 0 saturated carbocycles. The molecule has 1 aromatic carbocycles. The van der Waals surface area contributed by atoms with Crippen molar-refractivity contribution in [2.75, 3.05) is 6.54 Å². The largest absolute Gasteiger partial charge is 0.287 e. The zero-order valence-corrected chi connectivity index (χ0v) is 13.0. The van der Waals surface area contributed by atoms with Crippen molar-refractivity contribution in [3.05, 3.63) is 34.9 Å². The first kappa shape index (κ1) is 17.3. The highest BCUT2D eigenvalue weighted by Crippen LogP contribution is 2.08. The summed E-state index contributed by atoms with van der Waals surface area (Å²) >= 11 is 5.82. The van der Waals surface area contributed by atoms with E-state index in [1.165, 1.54) is 0 Å². The summed E-state index contributed by atoms with van der Waals surface area (Å²) in [6.07, 6.45) is 0. The second-order valence-corrected chi connectivity index (χ2v) is 5.10. The molecule has 0 unspecified atom stereocenters. The molecule has 0 amide bonds. The summed E-state index contributed by atoms with van der Waals surface area (Å²) < 4.78 is 0. The maximum Gasteiger partial charge on any atom is 0.0609 e. The number of benzene rings is 1. The summed E-state index contributed by atoms with van der Waals surface area (Å²) in [6, 6.07) is 8.68. The van der Waals surface area contributed by atoms with Crippen molar-refractivity contribution >= 4 is 24.0 Å². The van der Waals surface area contributed by atoms with E-state index >= 15 is 0 Å². The highest BCUT2D eigenvalue weighted by molar-refractivity contribution is 6.30. The molecule has 0 bridgehead atoms. The minimum absolute atomic E-state index is 0. The molecule has 1 aromatic rings. The lowest BCUT2D eigenvalue weighted by molar-refractivity contribution is 0.200. The molecular weight excluding hydrogens is 265 g/mol. The predicted octanol–water partition coefficient (Wildman–Crippen LogP) is 4.23. The molecule has 0 aliphatic rings. The third-order valence-electron chi connectivity index (χ3n) is 2.67. The topological polar surface area (TPSA) is 3.24 Å². The molecule has 0 fully saturated rings. The van der Waals surface area contributed by atoms with Gasteiger partial charge in [-0.3, -0.25) is 4.90 Å². The van der Waals surface area contributed by atoms with E-state index in [0.29, 0.717) is 12.1 Å². The number of hydrogen-bond donors (Lipinski definition) is 0. The van der Waals surface area contributed by atoms with Crippen LogP contribution in [0.3, 0.4) is 0 Å². The second kappa shape index (κ2) is 8.43. The number of halogens is 2. The summed E-state index contributed by atoms with van der Waals surface area (Å²) in [4.78, 5) is 2.36. The Balaban J connectivity index is 0.00000289. The predicted molar refractivity (Wildman–Crippen MR) is 82.6 cm³/mol. The molecule has 0 spiro atoms.